The van der Waals surface area contributed by atoms with Gasteiger partial charge in [-0.05, 0) is 42.5 Å². The third kappa shape index (κ3) is 2.68. The molecule has 1 aliphatic carbocycles. The molecule has 0 radical (unpaired) electrons. The maximum atomic E-state index is 12.1. The molecule has 1 saturated carbocycles. The second kappa shape index (κ2) is 4.88. The van der Waals surface area contributed by atoms with Crippen LogP contribution in [0.2, 0.25) is 0 Å². The predicted octanol–water partition coefficient (Wildman–Crippen LogP) is 3.58. The van der Waals surface area contributed by atoms with Gasteiger partial charge in [-0.15, -0.1) is 0 Å². The van der Waals surface area contributed by atoms with Crippen LogP contribution in [0.5, 0.6) is 5.75 Å². The fourth-order valence-corrected chi connectivity index (χ4v) is 2.29. The lowest BCUT2D eigenvalue weighted by atomic mass is 9.99. The average molecular weight is 252 g/mol. The summed E-state index contributed by atoms with van der Waals surface area (Å²) in [7, 11) is 0. The second-order valence-corrected chi connectivity index (χ2v) is 5.15. The molecule has 1 N–H and O–H groups in total. The standard InChI is InChI=1S/C17H16O2/c18-16-9-6-13(10-12-4-2-1-3-5-12)11-15(16)17(19)14-7-8-14/h1-6,9,11,14,18H,7-8,10H2. The summed E-state index contributed by atoms with van der Waals surface area (Å²) >= 11 is 0. The highest BCUT2D eigenvalue weighted by Gasteiger charge is 2.31. The first-order chi connectivity index (χ1) is 9.24. The Morgan fingerprint density at radius 2 is 1.79 bits per heavy atom. The van der Waals surface area contributed by atoms with Crippen molar-refractivity contribution < 1.29 is 9.90 Å². The molecule has 0 atom stereocenters. The molecule has 0 aliphatic heterocycles. The van der Waals surface area contributed by atoms with E-state index in [1.165, 1.54) is 5.56 Å². The van der Waals surface area contributed by atoms with Crippen LogP contribution in [-0.2, 0) is 6.42 Å². The van der Waals surface area contributed by atoms with Crippen LogP contribution in [0.15, 0.2) is 48.5 Å². The molecular weight excluding hydrogens is 236 g/mol. The SMILES string of the molecule is O=C(c1cc(Cc2ccccc2)ccc1O)C1CC1. The van der Waals surface area contributed by atoms with E-state index in [-0.39, 0.29) is 17.5 Å². The summed E-state index contributed by atoms with van der Waals surface area (Å²) in [6.07, 6.45) is 2.70. The third-order valence-corrected chi connectivity index (χ3v) is 3.53. The zero-order valence-corrected chi connectivity index (χ0v) is 10.7. The molecule has 1 aliphatic rings. The van der Waals surface area contributed by atoms with E-state index >= 15 is 0 Å². The molecule has 0 amide bonds. The summed E-state index contributed by atoms with van der Waals surface area (Å²) in [5.74, 6) is 0.332. The van der Waals surface area contributed by atoms with Gasteiger partial charge in [0.15, 0.2) is 5.78 Å². The molecule has 2 aromatic carbocycles. The van der Waals surface area contributed by atoms with Crippen LogP contribution >= 0.6 is 0 Å². The Kier molecular flexibility index (Phi) is 3.08. The summed E-state index contributed by atoms with van der Waals surface area (Å²) in [6, 6.07) is 15.5. The average Bonchev–Trinajstić information content (AvgIpc) is 3.26. The van der Waals surface area contributed by atoms with E-state index in [9.17, 15) is 9.90 Å². The predicted molar refractivity (Wildman–Crippen MR) is 74.4 cm³/mol. The van der Waals surface area contributed by atoms with Gasteiger partial charge in [-0.25, -0.2) is 0 Å². The van der Waals surface area contributed by atoms with Crippen molar-refractivity contribution in [1.29, 1.82) is 0 Å². The second-order valence-electron chi connectivity index (χ2n) is 5.15. The van der Waals surface area contributed by atoms with Crippen LogP contribution in [0.4, 0.5) is 0 Å². The van der Waals surface area contributed by atoms with Gasteiger partial charge in [0.2, 0.25) is 0 Å². The normalized spacial score (nSPS) is 14.3. The van der Waals surface area contributed by atoms with E-state index in [1.807, 2.05) is 30.3 Å². The van der Waals surface area contributed by atoms with Gasteiger partial charge in [0.1, 0.15) is 5.75 Å². The van der Waals surface area contributed by atoms with Crippen molar-refractivity contribution in [2.75, 3.05) is 0 Å². The fourth-order valence-electron chi connectivity index (χ4n) is 2.29. The molecule has 0 saturated heterocycles. The molecule has 1 fully saturated rings. The van der Waals surface area contributed by atoms with Gasteiger partial charge in [-0.3, -0.25) is 4.79 Å². The Labute approximate surface area is 112 Å². The van der Waals surface area contributed by atoms with Gasteiger partial charge in [-0.1, -0.05) is 36.4 Å². The van der Waals surface area contributed by atoms with Crippen molar-refractivity contribution >= 4 is 5.78 Å². The van der Waals surface area contributed by atoms with Crippen molar-refractivity contribution in [3.8, 4) is 5.75 Å². The van der Waals surface area contributed by atoms with Crippen molar-refractivity contribution in [1.82, 2.24) is 0 Å². The van der Waals surface area contributed by atoms with Gasteiger partial charge >= 0.3 is 0 Å². The van der Waals surface area contributed by atoms with Crippen LogP contribution < -0.4 is 0 Å². The quantitative estimate of drug-likeness (QED) is 0.844. The number of hydrogen-bond donors (Lipinski definition) is 1. The minimum absolute atomic E-state index is 0.0902. The van der Waals surface area contributed by atoms with E-state index in [2.05, 4.69) is 12.1 Å². The molecule has 2 heteroatoms. The Morgan fingerprint density at radius 1 is 1.05 bits per heavy atom. The monoisotopic (exact) mass is 252 g/mol. The smallest absolute Gasteiger partial charge is 0.169 e. The van der Waals surface area contributed by atoms with E-state index in [0.717, 1.165) is 24.8 Å². The molecular formula is C17H16O2. The first-order valence-electron chi connectivity index (χ1n) is 6.64. The lowest BCUT2D eigenvalue weighted by Gasteiger charge is -2.07. The van der Waals surface area contributed by atoms with E-state index in [4.69, 9.17) is 0 Å². The van der Waals surface area contributed by atoms with Crippen molar-refractivity contribution in [3.05, 3.63) is 65.2 Å². The number of phenolic OH excluding ortho intramolecular Hbond substituents is 1. The van der Waals surface area contributed by atoms with Gasteiger partial charge in [0, 0.05) is 5.92 Å². The zero-order chi connectivity index (χ0) is 13.2. The molecule has 96 valence electrons. The summed E-state index contributed by atoms with van der Waals surface area (Å²) in [4.78, 5) is 12.1. The zero-order valence-electron chi connectivity index (χ0n) is 10.7. The highest BCUT2D eigenvalue weighted by Crippen LogP contribution is 2.35. The lowest BCUT2D eigenvalue weighted by molar-refractivity contribution is 0.0965. The molecule has 0 unspecified atom stereocenters. The van der Waals surface area contributed by atoms with Crippen molar-refractivity contribution in [2.24, 2.45) is 5.92 Å². The van der Waals surface area contributed by atoms with Gasteiger partial charge in [-0.2, -0.15) is 0 Å². The van der Waals surface area contributed by atoms with Crippen LogP contribution in [0.25, 0.3) is 0 Å². The number of carbonyl (C=O) groups is 1. The van der Waals surface area contributed by atoms with Gasteiger partial charge in [0.05, 0.1) is 5.56 Å². The van der Waals surface area contributed by atoms with E-state index < -0.39 is 0 Å². The van der Waals surface area contributed by atoms with Crippen molar-refractivity contribution in [2.45, 2.75) is 19.3 Å². The van der Waals surface area contributed by atoms with Crippen LogP contribution in [-0.4, -0.2) is 10.9 Å². The number of aromatic hydroxyl groups is 1. The molecule has 2 nitrogen and oxygen atoms in total. The Bertz CT molecular complexity index is 598. The summed E-state index contributed by atoms with van der Waals surface area (Å²) < 4.78 is 0. The molecule has 0 bridgehead atoms. The highest BCUT2D eigenvalue weighted by molar-refractivity contribution is 6.01. The summed E-state index contributed by atoms with van der Waals surface area (Å²) in [5.41, 5.74) is 2.75. The van der Waals surface area contributed by atoms with Crippen molar-refractivity contribution in [3.63, 3.8) is 0 Å². The van der Waals surface area contributed by atoms with Gasteiger partial charge < -0.3 is 5.11 Å². The summed E-state index contributed by atoms with van der Waals surface area (Å²) in [6.45, 7) is 0. The lowest BCUT2D eigenvalue weighted by Crippen LogP contribution is -2.03. The van der Waals surface area contributed by atoms with E-state index in [1.54, 1.807) is 6.07 Å². The summed E-state index contributed by atoms with van der Waals surface area (Å²) in [5, 5.41) is 9.83. The minimum Gasteiger partial charge on any atom is -0.507 e. The number of carbonyl (C=O) groups excluding carboxylic acids is 1. The number of ketones is 1. The number of phenols is 1. The topological polar surface area (TPSA) is 37.3 Å². The van der Waals surface area contributed by atoms with Crippen LogP contribution in [0.3, 0.4) is 0 Å². The first-order valence-corrected chi connectivity index (χ1v) is 6.64. The largest absolute Gasteiger partial charge is 0.507 e. The number of hydrogen-bond acceptors (Lipinski definition) is 2. The number of Topliss-reactive ketones (excluding diaryl/α,β-unsaturated/α-hetero) is 1. The van der Waals surface area contributed by atoms with Crippen LogP contribution in [0.1, 0.15) is 34.3 Å². The Morgan fingerprint density at radius 3 is 2.47 bits per heavy atom. The molecule has 19 heavy (non-hydrogen) atoms. The number of rotatable bonds is 4. The Balaban J connectivity index is 1.86. The maximum Gasteiger partial charge on any atom is 0.169 e. The highest BCUT2D eigenvalue weighted by atomic mass is 16.3. The van der Waals surface area contributed by atoms with E-state index in [0.29, 0.717) is 5.56 Å². The molecule has 3 rings (SSSR count). The van der Waals surface area contributed by atoms with Crippen LogP contribution in [0, 0.1) is 5.92 Å². The minimum atomic E-state index is 0.0902. The third-order valence-electron chi connectivity index (χ3n) is 3.53. The Hall–Kier alpha value is -2.09. The number of benzene rings is 2. The maximum absolute atomic E-state index is 12.1. The molecule has 2 aromatic rings. The fraction of sp³-hybridized carbons (Fsp3) is 0.235. The first kappa shape index (κ1) is 12.0. The molecule has 0 heterocycles. The molecule has 0 spiro atoms. The molecule has 0 aromatic heterocycles. The van der Waals surface area contributed by atoms with Gasteiger partial charge in [0.25, 0.3) is 0 Å².